The van der Waals surface area contributed by atoms with Crippen LogP contribution in [0.3, 0.4) is 0 Å². The minimum absolute atomic E-state index is 0.407. The summed E-state index contributed by atoms with van der Waals surface area (Å²) in [4.78, 5) is 20.8. The quantitative estimate of drug-likeness (QED) is 0.457. The Morgan fingerprint density at radius 3 is 2.71 bits per heavy atom. The van der Waals surface area contributed by atoms with E-state index in [9.17, 15) is 9.59 Å². The molecule has 0 aliphatic heterocycles. The number of carbonyl (C=O) groups excluding carboxylic acids is 1. The van der Waals surface area contributed by atoms with Crippen molar-refractivity contribution in [1.82, 2.24) is 5.32 Å². The average Bonchev–Trinajstić information content (AvgIpc) is 2.16. The first kappa shape index (κ1) is 12.7. The topological polar surface area (TPSA) is 66.4 Å². The molecule has 0 saturated heterocycles. The highest BCUT2D eigenvalue weighted by molar-refractivity contribution is 5.73. The van der Waals surface area contributed by atoms with Gasteiger partial charge in [0.2, 0.25) is 0 Å². The van der Waals surface area contributed by atoms with Gasteiger partial charge in [0.15, 0.2) is 0 Å². The molecule has 0 heterocycles. The van der Waals surface area contributed by atoms with E-state index >= 15 is 0 Å². The monoisotopic (exact) mass is 199 g/mol. The maximum absolute atomic E-state index is 10.8. The van der Waals surface area contributed by atoms with Gasteiger partial charge in [-0.1, -0.05) is 13.5 Å². The van der Waals surface area contributed by atoms with Crippen LogP contribution in [0.15, 0.2) is 12.3 Å². The Morgan fingerprint density at radius 1 is 1.64 bits per heavy atom. The van der Waals surface area contributed by atoms with Crippen LogP contribution >= 0.6 is 0 Å². The fraction of sp³-hybridized carbons (Fsp3) is 0.600. The number of hydrogen-bond donors (Lipinski definition) is 2. The molecule has 2 N–H and O–H groups in total. The van der Waals surface area contributed by atoms with Gasteiger partial charge in [0, 0.05) is 12.1 Å². The molecule has 0 aliphatic rings. The predicted octanol–water partition coefficient (Wildman–Crippen LogP) is 1.32. The van der Waals surface area contributed by atoms with Crippen molar-refractivity contribution in [3.8, 4) is 0 Å². The van der Waals surface area contributed by atoms with Gasteiger partial charge < -0.3 is 15.2 Å². The smallest absolute Gasteiger partial charge is 0.326 e. The Balaban J connectivity index is 3.95. The van der Waals surface area contributed by atoms with E-state index in [-0.39, 0.29) is 0 Å². The summed E-state index contributed by atoms with van der Waals surface area (Å²) < 4.78 is 0. The van der Waals surface area contributed by atoms with Gasteiger partial charge in [0.25, 0.3) is 0 Å². The third-order valence-electron chi connectivity index (χ3n) is 1.92. The molecular formula is C10H17NO3. The lowest BCUT2D eigenvalue weighted by molar-refractivity contribution is -0.139. The lowest BCUT2D eigenvalue weighted by Crippen LogP contribution is -2.35. The van der Waals surface area contributed by atoms with Crippen molar-refractivity contribution in [3.05, 3.63) is 12.3 Å². The van der Waals surface area contributed by atoms with E-state index < -0.39 is 12.0 Å². The molecule has 0 spiro atoms. The van der Waals surface area contributed by atoms with Crippen molar-refractivity contribution >= 4 is 12.3 Å². The number of carboxylic acids is 1. The number of carboxylic acid groups (broad SMARTS) is 1. The maximum Gasteiger partial charge on any atom is 0.326 e. The molecule has 0 rings (SSSR count). The Labute approximate surface area is 84.0 Å². The number of aldehydes is 1. The number of aliphatic carboxylic acids is 1. The molecule has 1 unspecified atom stereocenters. The second-order valence-electron chi connectivity index (χ2n) is 3.09. The van der Waals surface area contributed by atoms with E-state index in [1.807, 2.05) is 6.92 Å². The first-order chi connectivity index (χ1) is 6.61. The number of carbonyl (C=O) groups is 2. The van der Waals surface area contributed by atoms with Crippen LogP contribution in [0.5, 0.6) is 0 Å². The van der Waals surface area contributed by atoms with E-state index in [2.05, 4.69) is 11.9 Å². The standard InChI is InChI=1S/C10H17NO3/c1-3-8(2)11-9(10(13)14)6-4-5-7-12/h7,9,11H,2-6H2,1H3,(H,13,14). The van der Waals surface area contributed by atoms with Gasteiger partial charge >= 0.3 is 5.97 Å². The fourth-order valence-electron chi connectivity index (χ4n) is 1.01. The molecule has 4 heteroatoms. The molecule has 4 nitrogen and oxygen atoms in total. The third-order valence-corrected chi connectivity index (χ3v) is 1.92. The van der Waals surface area contributed by atoms with Crippen molar-refractivity contribution in [2.75, 3.05) is 0 Å². The fourth-order valence-corrected chi connectivity index (χ4v) is 1.01. The van der Waals surface area contributed by atoms with Gasteiger partial charge in [-0.25, -0.2) is 4.79 Å². The number of allylic oxidation sites excluding steroid dienone is 1. The Morgan fingerprint density at radius 2 is 2.29 bits per heavy atom. The normalized spacial score (nSPS) is 11.8. The van der Waals surface area contributed by atoms with Gasteiger partial charge in [-0.05, 0) is 19.3 Å². The highest BCUT2D eigenvalue weighted by Gasteiger charge is 2.16. The highest BCUT2D eigenvalue weighted by Crippen LogP contribution is 2.03. The van der Waals surface area contributed by atoms with Crippen molar-refractivity contribution in [2.24, 2.45) is 0 Å². The molecule has 80 valence electrons. The summed E-state index contributed by atoms with van der Waals surface area (Å²) in [5.41, 5.74) is 0.712. The van der Waals surface area contributed by atoms with Crippen molar-refractivity contribution < 1.29 is 14.7 Å². The van der Waals surface area contributed by atoms with E-state index in [0.29, 0.717) is 31.4 Å². The summed E-state index contributed by atoms with van der Waals surface area (Å²) in [5, 5.41) is 11.6. The van der Waals surface area contributed by atoms with Crippen LogP contribution in [0.4, 0.5) is 0 Å². The average molecular weight is 199 g/mol. The molecule has 0 bridgehead atoms. The zero-order valence-corrected chi connectivity index (χ0v) is 8.45. The number of nitrogens with one attached hydrogen (secondary N) is 1. The number of rotatable bonds is 8. The molecule has 0 amide bonds. The van der Waals surface area contributed by atoms with E-state index in [4.69, 9.17) is 5.11 Å². The molecule has 0 radical (unpaired) electrons. The largest absolute Gasteiger partial charge is 0.480 e. The summed E-state index contributed by atoms with van der Waals surface area (Å²) in [6.45, 7) is 5.58. The minimum atomic E-state index is -0.898. The van der Waals surface area contributed by atoms with Crippen LogP contribution < -0.4 is 5.32 Å². The van der Waals surface area contributed by atoms with Crippen LogP contribution in [-0.2, 0) is 9.59 Å². The van der Waals surface area contributed by atoms with E-state index in [0.717, 1.165) is 6.29 Å². The van der Waals surface area contributed by atoms with Crippen LogP contribution in [0.25, 0.3) is 0 Å². The van der Waals surface area contributed by atoms with Gasteiger partial charge in [-0.15, -0.1) is 0 Å². The van der Waals surface area contributed by atoms with E-state index in [1.165, 1.54) is 0 Å². The van der Waals surface area contributed by atoms with E-state index in [1.54, 1.807) is 0 Å². The summed E-state index contributed by atoms with van der Waals surface area (Å²) in [6, 6.07) is -0.623. The van der Waals surface area contributed by atoms with Gasteiger partial charge in [0.1, 0.15) is 12.3 Å². The molecule has 0 aromatic carbocycles. The second-order valence-corrected chi connectivity index (χ2v) is 3.09. The van der Waals surface area contributed by atoms with Crippen molar-refractivity contribution in [3.63, 3.8) is 0 Å². The maximum atomic E-state index is 10.8. The number of hydrogen-bond acceptors (Lipinski definition) is 3. The Kier molecular flexibility index (Phi) is 6.45. The molecule has 0 saturated carbocycles. The molecule has 0 fully saturated rings. The van der Waals surface area contributed by atoms with Gasteiger partial charge in [0.05, 0.1) is 0 Å². The van der Waals surface area contributed by atoms with Crippen molar-refractivity contribution in [1.29, 1.82) is 0 Å². The molecule has 1 atom stereocenters. The third kappa shape index (κ3) is 5.35. The van der Waals surface area contributed by atoms with Gasteiger partial charge in [-0.2, -0.15) is 0 Å². The summed E-state index contributed by atoms with van der Waals surface area (Å²) >= 11 is 0. The first-order valence-corrected chi connectivity index (χ1v) is 4.72. The Hall–Kier alpha value is -1.32. The molecular weight excluding hydrogens is 182 g/mol. The summed E-state index contributed by atoms with van der Waals surface area (Å²) in [7, 11) is 0. The lowest BCUT2D eigenvalue weighted by atomic mass is 10.1. The number of unbranched alkanes of at least 4 members (excludes halogenated alkanes) is 1. The van der Waals surface area contributed by atoms with Crippen LogP contribution in [-0.4, -0.2) is 23.4 Å². The second kappa shape index (κ2) is 7.12. The zero-order valence-electron chi connectivity index (χ0n) is 8.45. The molecule has 14 heavy (non-hydrogen) atoms. The molecule has 0 aliphatic carbocycles. The predicted molar refractivity (Wildman–Crippen MR) is 53.9 cm³/mol. The molecule has 0 aromatic heterocycles. The van der Waals surface area contributed by atoms with Crippen LogP contribution in [0.2, 0.25) is 0 Å². The van der Waals surface area contributed by atoms with Crippen LogP contribution in [0, 0.1) is 0 Å². The zero-order chi connectivity index (χ0) is 11.0. The lowest BCUT2D eigenvalue weighted by Gasteiger charge is -2.15. The first-order valence-electron chi connectivity index (χ1n) is 4.72. The van der Waals surface area contributed by atoms with Gasteiger partial charge in [-0.3, -0.25) is 0 Å². The highest BCUT2D eigenvalue weighted by atomic mass is 16.4. The minimum Gasteiger partial charge on any atom is -0.480 e. The Bertz CT molecular complexity index is 213. The SMILES string of the molecule is C=C(CC)NC(CCCC=O)C(=O)O. The van der Waals surface area contributed by atoms with Crippen LogP contribution in [0.1, 0.15) is 32.6 Å². The summed E-state index contributed by atoms with van der Waals surface area (Å²) in [6.07, 6.45) is 2.95. The summed E-state index contributed by atoms with van der Waals surface area (Å²) in [5.74, 6) is -0.898. The molecule has 0 aromatic rings. The van der Waals surface area contributed by atoms with Crippen molar-refractivity contribution in [2.45, 2.75) is 38.6 Å².